The van der Waals surface area contributed by atoms with Crippen molar-refractivity contribution in [3.8, 4) is 5.75 Å². The molecule has 2 aliphatic rings. The Kier molecular flexibility index (Phi) is 3.38. The van der Waals surface area contributed by atoms with Gasteiger partial charge in [0, 0.05) is 19.3 Å². The molecule has 1 saturated heterocycles. The molecule has 1 fully saturated rings. The predicted octanol–water partition coefficient (Wildman–Crippen LogP) is 2.02. The van der Waals surface area contributed by atoms with E-state index in [0.29, 0.717) is 18.8 Å². The van der Waals surface area contributed by atoms with Crippen LogP contribution >= 0.6 is 0 Å². The van der Waals surface area contributed by atoms with Gasteiger partial charge >= 0.3 is 0 Å². The second-order valence-electron chi connectivity index (χ2n) is 5.83. The first-order valence-corrected chi connectivity index (χ1v) is 9.04. The van der Waals surface area contributed by atoms with E-state index in [4.69, 9.17) is 4.74 Å². The fourth-order valence-electron chi connectivity index (χ4n) is 3.36. The predicted molar refractivity (Wildman–Crippen MR) is 87.5 cm³/mol. The van der Waals surface area contributed by atoms with Gasteiger partial charge in [0.05, 0.1) is 23.7 Å². The van der Waals surface area contributed by atoms with Crippen LogP contribution in [0.25, 0.3) is 0 Å². The number of halogens is 1. The molecule has 0 spiro atoms. The number of methoxy groups -OCH3 is 1. The first-order valence-electron chi connectivity index (χ1n) is 7.60. The molecular weight excluding hydrogens is 333 g/mol. The molecule has 1 atom stereocenters. The van der Waals surface area contributed by atoms with E-state index < -0.39 is 15.8 Å². The number of aromatic nitrogens is 1. The normalized spacial score (nSPS) is 19.3. The highest BCUT2D eigenvalue weighted by molar-refractivity contribution is 7.92. The molecule has 2 aromatic rings. The number of rotatable bonds is 3. The molecule has 4 rings (SSSR count). The van der Waals surface area contributed by atoms with E-state index in [-0.39, 0.29) is 16.7 Å². The quantitative estimate of drug-likeness (QED) is 0.848. The Morgan fingerprint density at radius 1 is 1.33 bits per heavy atom. The third-order valence-corrected chi connectivity index (χ3v) is 6.33. The lowest BCUT2D eigenvalue weighted by Gasteiger charge is -2.36. The Morgan fingerprint density at radius 2 is 2.17 bits per heavy atom. The molecule has 2 bridgehead atoms. The minimum atomic E-state index is -3.91. The fourth-order valence-corrected chi connectivity index (χ4v) is 5.01. The van der Waals surface area contributed by atoms with Crippen LogP contribution in [-0.2, 0) is 10.0 Å². The highest BCUT2D eigenvalue weighted by Crippen LogP contribution is 2.41. The van der Waals surface area contributed by atoms with E-state index in [0.717, 1.165) is 18.3 Å². The van der Waals surface area contributed by atoms with Gasteiger partial charge in [-0.2, -0.15) is 0 Å². The molecule has 0 saturated carbocycles. The molecule has 6 nitrogen and oxygen atoms in total. The van der Waals surface area contributed by atoms with E-state index in [1.807, 2.05) is 6.07 Å². The molecule has 1 aromatic heterocycles. The summed E-state index contributed by atoms with van der Waals surface area (Å²) < 4.78 is 46.5. The van der Waals surface area contributed by atoms with E-state index in [1.165, 1.54) is 23.5 Å². The van der Waals surface area contributed by atoms with Crippen molar-refractivity contribution in [3.05, 3.63) is 42.3 Å². The van der Waals surface area contributed by atoms with Crippen molar-refractivity contribution in [2.24, 2.45) is 0 Å². The molecule has 0 radical (unpaired) electrons. The van der Waals surface area contributed by atoms with Crippen molar-refractivity contribution in [2.75, 3.05) is 29.4 Å². The van der Waals surface area contributed by atoms with Crippen LogP contribution in [0.1, 0.15) is 6.42 Å². The monoisotopic (exact) mass is 349 g/mol. The van der Waals surface area contributed by atoms with Crippen molar-refractivity contribution in [1.82, 2.24) is 4.98 Å². The number of hydrogen-bond acceptors (Lipinski definition) is 5. The third-order valence-electron chi connectivity index (χ3n) is 4.49. The number of benzene rings is 1. The van der Waals surface area contributed by atoms with Crippen LogP contribution in [0.4, 0.5) is 15.9 Å². The van der Waals surface area contributed by atoms with Gasteiger partial charge in [-0.1, -0.05) is 0 Å². The Balaban J connectivity index is 1.84. The van der Waals surface area contributed by atoms with Crippen molar-refractivity contribution in [3.63, 3.8) is 0 Å². The fraction of sp³-hybridized carbons (Fsp3) is 0.312. The summed E-state index contributed by atoms with van der Waals surface area (Å²) in [6.07, 6.45) is 2.29. The number of fused-ring (bicyclic) bond motifs is 4. The van der Waals surface area contributed by atoms with Gasteiger partial charge in [0.1, 0.15) is 0 Å². The van der Waals surface area contributed by atoms with Gasteiger partial charge in [0.25, 0.3) is 10.0 Å². The highest BCUT2D eigenvalue weighted by atomic mass is 32.2. The van der Waals surface area contributed by atoms with E-state index in [2.05, 4.69) is 9.88 Å². The second kappa shape index (κ2) is 5.34. The van der Waals surface area contributed by atoms with Gasteiger partial charge in [-0.25, -0.2) is 22.1 Å². The van der Waals surface area contributed by atoms with Gasteiger partial charge in [-0.3, -0.25) is 0 Å². The molecule has 2 aliphatic heterocycles. The lowest BCUT2D eigenvalue weighted by atomic mass is 10.2. The Labute approximate surface area is 139 Å². The Hall–Kier alpha value is -2.35. The molecule has 3 heterocycles. The minimum Gasteiger partial charge on any atom is -0.494 e. The lowest BCUT2D eigenvalue weighted by Crippen LogP contribution is -2.46. The van der Waals surface area contributed by atoms with Gasteiger partial charge in [0.15, 0.2) is 17.4 Å². The van der Waals surface area contributed by atoms with Gasteiger partial charge in [-0.05, 0) is 36.8 Å². The Morgan fingerprint density at radius 3 is 2.92 bits per heavy atom. The van der Waals surface area contributed by atoms with Crippen LogP contribution in [0.15, 0.2) is 41.4 Å². The summed E-state index contributed by atoms with van der Waals surface area (Å²) >= 11 is 0. The molecule has 8 heteroatoms. The van der Waals surface area contributed by atoms with Crippen molar-refractivity contribution >= 4 is 21.5 Å². The second-order valence-corrected chi connectivity index (χ2v) is 7.65. The largest absolute Gasteiger partial charge is 0.494 e. The summed E-state index contributed by atoms with van der Waals surface area (Å²) in [5.74, 6) is -0.287. The van der Waals surface area contributed by atoms with E-state index >= 15 is 0 Å². The zero-order valence-electron chi connectivity index (χ0n) is 13.0. The van der Waals surface area contributed by atoms with Gasteiger partial charge < -0.3 is 9.64 Å². The summed E-state index contributed by atoms with van der Waals surface area (Å²) in [6.45, 7) is 1.41. The standard InChI is InChI=1S/C16H16FN3O3S/c1-23-15-5-4-12(9-13(15)17)24(21,22)20-11-6-8-19(10-11)14-3-2-7-18-16(14)20/h2-5,7,9,11H,6,8,10H2,1H3. The maximum atomic E-state index is 14.0. The topological polar surface area (TPSA) is 62.7 Å². The molecule has 0 N–H and O–H groups in total. The lowest BCUT2D eigenvalue weighted by molar-refractivity contribution is 0.385. The summed E-state index contributed by atoms with van der Waals surface area (Å²) in [5, 5.41) is 0. The first-order chi connectivity index (χ1) is 11.5. The molecule has 24 heavy (non-hydrogen) atoms. The smallest absolute Gasteiger partial charge is 0.265 e. The first kappa shape index (κ1) is 15.2. The zero-order chi connectivity index (χ0) is 16.9. The molecule has 0 aliphatic carbocycles. The molecule has 0 amide bonds. The maximum Gasteiger partial charge on any atom is 0.265 e. The average Bonchev–Trinajstić information content (AvgIpc) is 2.99. The van der Waals surface area contributed by atoms with Crippen molar-refractivity contribution < 1.29 is 17.5 Å². The number of anilines is 2. The molecule has 1 aromatic carbocycles. The summed E-state index contributed by atoms with van der Waals surface area (Å²) in [5.41, 5.74) is 0.795. The van der Waals surface area contributed by atoms with Crippen LogP contribution in [0.5, 0.6) is 5.75 Å². The summed E-state index contributed by atoms with van der Waals surface area (Å²) in [7, 11) is -2.57. The van der Waals surface area contributed by atoms with Crippen molar-refractivity contribution in [1.29, 1.82) is 0 Å². The average molecular weight is 349 g/mol. The van der Waals surface area contributed by atoms with Gasteiger partial charge in [0.2, 0.25) is 0 Å². The number of nitrogens with zero attached hydrogens (tertiary/aromatic N) is 3. The van der Waals surface area contributed by atoms with Gasteiger partial charge in [-0.15, -0.1) is 0 Å². The van der Waals surface area contributed by atoms with Crippen LogP contribution in [0.3, 0.4) is 0 Å². The zero-order valence-corrected chi connectivity index (χ0v) is 13.8. The number of pyridine rings is 1. The SMILES string of the molecule is COc1ccc(S(=O)(=O)N2c3ncccc3N3CCC2C3)cc1F. The summed E-state index contributed by atoms with van der Waals surface area (Å²) in [4.78, 5) is 6.31. The van der Waals surface area contributed by atoms with E-state index in [1.54, 1.807) is 12.3 Å². The highest BCUT2D eigenvalue weighted by Gasteiger charge is 2.43. The minimum absolute atomic E-state index is 0.0122. The summed E-state index contributed by atoms with van der Waals surface area (Å²) in [6, 6.07) is 7.14. The van der Waals surface area contributed by atoms with E-state index in [9.17, 15) is 12.8 Å². The van der Waals surface area contributed by atoms with Crippen LogP contribution in [0, 0.1) is 5.82 Å². The molecule has 1 unspecified atom stereocenters. The number of sulfonamides is 1. The van der Waals surface area contributed by atoms with Crippen LogP contribution in [0.2, 0.25) is 0 Å². The van der Waals surface area contributed by atoms with Crippen LogP contribution in [-0.4, -0.2) is 39.6 Å². The number of ether oxygens (including phenoxy) is 1. The molecule has 126 valence electrons. The van der Waals surface area contributed by atoms with Crippen molar-refractivity contribution in [2.45, 2.75) is 17.4 Å². The van der Waals surface area contributed by atoms with Crippen LogP contribution < -0.4 is 13.9 Å². The molecular formula is C16H16FN3O3S. The number of hydrogen-bond donors (Lipinski definition) is 0. The third kappa shape index (κ3) is 2.13. The maximum absolute atomic E-state index is 14.0. The Bertz CT molecular complexity index is 903.